The van der Waals surface area contributed by atoms with E-state index in [0.717, 1.165) is 7.11 Å². The summed E-state index contributed by atoms with van der Waals surface area (Å²) in [6.45, 7) is 7.89. The van der Waals surface area contributed by atoms with Crippen LogP contribution in [0.15, 0.2) is 24.3 Å². The van der Waals surface area contributed by atoms with Crippen molar-refractivity contribution in [2.45, 2.75) is 71.2 Å². The van der Waals surface area contributed by atoms with Crippen molar-refractivity contribution in [3.05, 3.63) is 29.8 Å². The number of hydrogen-bond donors (Lipinski definition) is 4. The summed E-state index contributed by atoms with van der Waals surface area (Å²) in [6, 6.07) is 2.35. The summed E-state index contributed by atoms with van der Waals surface area (Å²) in [7, 11) is 1.16. The van der Waals surface area contributed by atoms with Gasteiger partial charge in [0.25, 0.3) is 0 Å². The fraction of sp³-hybridized carbons (Fsp3) is 0.542. The molecule has 0 fully saturated rings. The Morgan fingerprint density at radius 1 is 1.17 bits per heavy atom. The highest BCUT2D eigenvalue weighted by Crippen LogP contribution is 2.28. The van der Waals surface area contributed by atoms with Gasteiger partial charge in [-0.15, -0.1) is 0 Å². The number of benzene rings is 1. The number of esters is 1. The van der Waals surface area contributed by atoms with Crippen molar-refractivity contribution in [1.29, 1.82) is 0 Å². The molecule has 3 unspecified atom stereocenters. The van der Waals surface area contributed by atoms with E-state index >= 15 is 0 Å². The van der Waals surface area contributed by atoms with Gasteiger partial charge in [-0.25, -0.2) is 4.79 Å². The molecule has 0 aliphatic heterocycles. The first kappa shape index (κ1) is 30.2. The Bertz CT molecular complexity index is 960. The number of carbonyl (C=O) groups excluding carboxylic acids is 5. The van der Waals surface area contributed by atoms with Crippen LogP contribution in [0, 0.1) is 0 Å². The van der Waals surface area contributed by atoms with E-state index in [0.29, 0.717) is 6.42 Å². The quantitative estimate of drug-likeness (QED) is 0.321. The van der Waals surface area contributed by atoms with Gasteiger partial charge in [-0.2, -0.15) is 0 Å². The fourth-order valence-electron chi connectivity index (χ4n) is 3.29. The molecule has 12 nitrogen and oxygen atoms in total. The molecule has 1 aromatic rings. The standard InChI is InChI=1S/C24H36N4O8/c1-7-14(2)28(22(33)17(12-18(25)30)27-23(34)36-24(3,4)5)20(15-9-8-10-16(29)11-15)21(32)26-13-19(31)35-6/h8-11,14,17,20,29H,7,12-13H2,1-6H3,(H2,25,30)(H,26,32)(H,27,34). The SMILES string of the molecule is CCC(C)N(C(=O)C(CC(N)=O)NC(=O)OC(C)(C)C)C(C(=O)NCC(=O)OC)c1cccc(O)c1. The molecule has 0 saturated carbocycles. The van der Waals surface area contributed by atoms with Gasteiger partial charge in [0.1, 0.15) is 30.0 Å². The first-order valence-electron chi connectivity index (χ1n) is 11.4. The zero-order valence-corrected chi connectivity index (χ0v) is 21.5. The number of methoxy groups -OCH3 is 1. The monoisotopic (exact) mass is 508 g/mol. The molecule has 3 atom stereocenters. The van der Waals surface area contributed by atoms with Crippen molar-refractivity contribution in [1.82, 2.24) is 15.5 Å². The van der Waals surface area contributed by atoms with E-state index in [4.69, 9.17) is 10.5 Å². The highest BCUT2D eigenvalue weighted by Gasteiger charge is 2.39. The van der Waals surface area contributed by atoms with Crippen LogP contribution < -0.4 is 16.4 Å². The lowest BCUT2D eigenvalue weighted by molar-refractivity contribution is -0.147. The van der Waals surface area contributed by atoms with Crippen molar-refractivity contribution in [3.63, 3.8) is 0 Å². The first-order chi connectivity index (χ1) is 16.7. The van der Waals surface area contributed by atoms with Crippen molar-refractivity contribution >= 4 is 29.8 Å². The molecule has 200 valence electrons. The van der Waals surface area contributed by atoms with Crippen molar-refractivity contribution < 1.29 is 38.6 Å². The van der Waals surface area contributed by atoms with E-state index < -0.39 is 66.5 Å². The van der Waals surface area contributed by atoms with Crippen LogP contribution in [0.5, 0.6) is 5.75 Å². The smallest absolute Gasteiger partial charge is 0.408 e. The zero-order chi connectivity index (χ0) is 27.6. The third-order valence-electron chi connectivity index (χ3n) is 5.06. The van der Waals surface area contributed by atoms with Crippen LogP contribution >= 0.6 is 0 Å². The van der Waals surface area contributed by atoms with Gasteiger partial charge in [-0.1, -0.05) is 19.1 Å². The normalized spacial score (nSPS) is 13.5. The Morgan fingerprint density at radius 2 is 1.81 bits per heavy atom. The summed E-state index contributed by atoms with van der Waals surface area (Å²) in [6.07, 6.45) is -1.11. The number of phenolic OH excluding ortho intramolecular Hbond substituents is 1. The Hall–Kier alpha value is -3.83. The molecule has 4 amide bonds. The average molecular weight is 509 g/mol. The molecule has 5 N–H and O–H groups in total. The molecule has 1 aromatic carbocycles. The van der Waals surface area contributed by atoms with Crippen molar-refractivity contribution in [2.75, 3.05) is 13.7 Å². The summed E-state index contributed by atoms with van der Waals surface area (Å²) >= 11 is 0. The molecular formula is C24H36N4O8. The number of nitrogens with zero attached hydrogens (tertiary/aromatic N) is 1. The van der Waals surface area contributed by atoms with E-state index in [2.05, 4.69) is 15.4 Å². The summed E-state index contributed by atoms with van der Waals surface area (Å²) in [5.74, 6) is -3.25. The van der Waals surface area contributed by atoms with E-state index in [-0.39, 0.29) is 11.3 Å². The Labute approximate surface area is 210 Å². The molecule has 0 heterocycles. The van der Waals surface area contributed by atoms with E-state index in [1.54, 1.807) is 34.6 Å². The Morgan fingerprint density at radius 3 is 2.31 bits per heavy atom. The van der Waals surface area contributed by atoms with Gasteiger partial charge in [-0.3, -0.25) is 19.2 Å². The second-order valence-corrected chi connectivity index (χ2v) is 9.16. The number of phenols is 1. The molecule has 0 bridgehead atoms. The maximum absolute atomic E-state index is 13.8. The van der Waals surface area contributed by atoms with E-state index in [1.807, 2.05) is 0 Å². The van der Waals surface area contributed by atoms with Crippen LogP contribution in [0.4, 0.5) is 4.79 Å². The largest absolute Gasteiger partial charge is 0.508 e. The number of primary amides is 1. The van der Waals surface area contributed by atoms with Gasteiger partial charge >= 0.3 is 12.1 Å². The van der Waals surface area contributed by atoms with Crippen LogP contribution in [0.1, 0.15) is 59.1 Å². The lowest BCUT2D eigenvalue weighted by atomic mass is 9.99. The summed E-state index contributed by atoms with van der Waals surface area (Å²) in [5.41, 5.74) is 4.70. The molecule has 1 rings (SSSR count). The lowest BCUT2D eigenvalue weighted by Gasteiger charge is -2.38. The van der Waals surface area contributed by atoms with Gasteiger partial charge in [0.2, 0.25) is 17.7 Å². The number of rotatable bonds is 11. The zero-order valence-electron chi connectivity index (χ0n) is 21.5. The molecule has 0 aliphatic rings. The molecule has 0 aromatic heterocycles. The lowest BCUT2D eigenvalue weighted by Crippen LogP contribution is -2.56. The fourth-order valence-corrected chi connectivity index (χ4v) is 3.29. The number of nitrogens with one attached hydrogen (secondary N) is 2. The van der Waals surface area contributed by atoms with Crippen molar-refractivity contribution in [3.8, 4) is 5.75 Å². The summed E-state index contributed by atoms with van der Waals surface area (Å²) in [4.78, 5) is 64.1. The minimum absolute atomic E-state index is 0.157. The van der Waals surface area contributed by atoms with Gasteiger partial charge < -0.3 is 35.8 Å². The minimum Gasteiger partial charge on any atom is -0.508 e. The van der Waals surface area contributed by atoms with Crippen LogP contribution in [-0.2, 0) is 28.7 Å². The van der Waals surface area contributed by atoms with Crippen molar-refractivity contribution in [2.24, 2.45) is 5.73 Å². The molecule has 12 heteroatoms. The predicted octanol–water partition coefficient (Wildman–Crippen LogP) is 1.12. The van der Waals surface area contributed by atoms with Gasteiger partial charge in [0.15, 0.2) is 0 Å². The summed E-state index contributed by atoms with van der Waals surface area (Å²) < 4.78 is 9.78. The van der Waals surface area contributed by atoms with E-state index in [9.17, 15) is 29.1 Å². The third-order valence-corrected chi connectivity index (χ3v) is 5.06. The number of carbonyl (C=O) groups is 5. The van der Waals surface area contributed by atoms with Crippen LogP contribution in [0.25, 0.3) is 0 Å². The molecular weight excluding hydrogens is 472 g/mol. The average Bonchev–Trinajstić information content (AvgIpc) is 2.77. The highest BCUT2D eigenvalue weighted by atomic mass is 16.6. The van der Waals surface area contributed by atoms with E-state index in [1.165, 1.54) is 29.2 Å². The number of nitrogens with two attached hydrogens (primary N) is 1. The Kier molecular flexibility index (Phi) is 11.2. The first-order valence-corrected chi connectivity index (χ1v) is 11.4. The third kappa shape index (κ3) is 9.43. The molecule has 0 spiro atoms. The second kappa shape index (κ2) is 13.3. The number of ether oxygens (including phenoxy) is 2. The van der Waals surface area contributed by atoms with Gasteiger partial charge in [-0.05, 0) is 51.8 Å². The van der Waals surface area contributed by atoms with Crippen LogP contribution in [0.2, 0.25) is 0 Å². The predicted molar refractivity (Wildman–Crippen MR) is 129 cm³/mol. The summed E-state index contributed by atoms with van der Waals surface area (Å²) in [5, 5.41) is 14.8. The minimum atomic E-state index is -1.44. The number of aromatic hydroxyl groups is 1. The molecule has 0 saturated heterocycles. The van der Waals surface area contributed by atoms with Gasteiger partial charge in [0, 0.05) is 6.04 Å². The second-order valence-electron chi connectivity index (χ2n) is 9.16. The maximum atomic E-state index is 13.8. The highest BCUT2D eigenvalue weighted by molar-refractivity contribution is 5.95. The number of amides is 4. The van der Waals surface area contributed by atoms with Crippen LogP contribution in [0.3, 0.4) is 0 Å². The number of hydrogen-bond acceptors (Lipinski definition) is 8. The molecule has 36 heavy (non-hydrogen) atoms. The number of alkyl carbamates (subject to hydrolysis) is 1. The topological polar surface area (TPSA) is 177 Å². The molecule has 0 aliphatic carbocycles. The molecule has 0 radical (unpaired) electrons. The Balaban J connectivity index is 3.52. The van der Waals surface area contributed by atoms with Crippen LogP contribution in [-0.4, -0.2) is 71.1 Å². The maximum Gasteiger partial charge on any atom is 0.408 e. The van der Waals surface area contributed by atoms with Gasteiger partial charge in [0.05, 0.1) is 13.5 Å².